The molecule has 0 aliphatic carbocycles. The molecule has 4 amide bonds. The van der Waals surface area contributed by atoms with E-state index in [0.717, 1.165) is 28.2 Å². The molecule has 4 rings (SSSR count). The average Bonchev–Trinajstić information content (AvgIpc) is 3.13. The van der Waals surface area contributed by atoms with Crippen LogP contribution in [0, 0.1) is 12.7 Å². The second kappa shape index (κ2) is 7.79. The van der Waals surface area contributed by atoms with Crippen LogP contribution in [0.15, 0.2) is 72.4 Å². The van der Waals surface area contributed by atoms with Gasteiger partial charge in [0.25, 0.3) is 11.8 Å². The van der Waals surface area contributed by atoms with Gasteiger partial charge in [0.05, 0.1) is 5.69 Å². The van der Waals surface area contributed by atoms with Gasteiger partial charge in [0, 0.05) is 18.4 Å². The largest absolute Gasteiger partial charge is 0.344 e. The molecule has 30 heavy (non-hydrogen) atoms. The Kier molecular flexibility index (Phi) is 5.02. The van der Waals surface area contributed by atoms with Crippen LogP contribution in [-0.4, -0.2) is 22.4 Å². The molecular weight excluding hydrogens is 385 g/mol. The number of nitrogens with zero attached hydrogens (tertiary/aromatic N) is 2. The summed E-state index contributed by atoms with van der Waals surface area (Å²) < 4.78 is 15.1. The Hall–Kier alpha value is -4.00. The molecule has 0 saturated carbocycles. The van der Waals surface area contributed by atoms with E-state index < -0.39 is 23.7 Å². The zero-order valence-electron chi connectivity index (χ0n) is 16.1. The number of hydrogen-bond donors (Lipinski definition) is 1. The summed E-state index contributed by atoms with van der Waals surface area (Å²) in [6, 6.07) is 15.7. The first-order valence-electron chi connectivity index (χ1n) is 9.30. The van der Waals surface area contributed by atoms with Crippen molar-refractivity contribution in [3.8, 4) is 0 Å². The summed E-state index contributed by atoms with van der Waals surface area (Å²) in [4.78, 5) is 38.4. The molecular formula is C23H18FN3O3. The van der Waals surface area contributed by atoms with E-state index >= 15 is 0 Å². The molecule has 1 aliphatic rings. The van der Waals surface area contributed by atoms with E-state index in [-0.39, 0.29) is 11.3 Å². The number of aromatic nitrogens is 1. The van der Waals surface area contributed by atoms with Crippen LogP contribution in [-0.2, 0) is 16.1 Å². The van der Waals surface area contributed by atoms with Crippen molar-refractivity contribution in [2.24, 2.45) is 0 Å². The summed E-state index contributed by atoms with van der Waals surface area (Å²) in [5.74, 6) is -2.03. The van der Waals surface area contributed by atoms with Crippen molar-refractivity contribution in [3.05, 3.63) is 95.1 Å². The maximum atomic E-state index is 13.2. The smallest absolute Gasteiger partial charge is 0.335 e. The monoisotopic (exact) mass is 403 g/mol. The van der Waals surface area contributed by atoms with Crippen LogP contribution in [0.3, 0.4) is 0 Å². The lowest BCUT2D eigenvalue weighted by molar-refractivity contribution is -0.122. The van der Waals surface area contributed by atoms with Gasteiger partial charge in [0.2, 0.25) is 0 Å². The van der Waals surface area contributed by atoms with Crippen LogP contribution in [0.25, 0.3) is 6.08 Å². The number of nitrogens with one attached hydrogen (secondary N) is 1. The average molecular weight is 403 g/mol. The predicted octanol–water partition coefficient (Wildman–Crippen LogP) is 3.65. The second-order valence-electron chi connectivity index (χ2n) is 6.98. The van der Waals surface area contributed by atoms with E-state index in [2.05, 4.69) is 11.4 Å². The summed E-state index contributed by atoms with van der Waals surface area (Å²) in [6.45, 7) is 2.57. The molecule has 3 aromatic rings. The fourth-order valence-electron chi connectivity index (χ4n) is 3.34. The highest BCUT2D eigenvalue weighted by molar-refractivity contribution is 6.39. The minimum absolute atomic E-state index is 0.174. The number of urea groups is 1. The van der Waals surface area contributed by atoms with Crippen molar-refractivity contribution in [3.63, 3.8) is 0 Å². The van der Waals surface area contributed by atoms with Gasteiger partial charge in [-0.3, -0.25) is 14.9 Å². The van der Waals surface area contributed by atoms with Crippen LogP contribution >= 0.6 is 0 Å². The lowest BCUT2D eigenvalue weighted by atomic mass is 10.1. The van der Waals surface area contributed by atoms with Crippen LogP contribution in [0.4, 0.5) is 14.9 Å². The first-order chi connectivity index (χ1) is 14.4. The summed E-state index contributed by atoms with van der Waals surface area (Å²) in [5, 5.41) is 2.17. The maximum absolute atomic E-state index is 13.2. The van der Waals surface area contributed by atoms with Gasteiger partial charge in [-0.05, 0) is 55.0 Å². The molecule has 0 spiro atoms. The van der Waals surface area contributed by atoms with Crippen LogP contribution in [0.5, 0.6) is 0 Å². The number of carbonyl (C=O) groups excluding carboxylic acids is 3. The van der Waals surface area contributed by atoms with Crippen molar-refractivity contribution >= 4 is 29.6 Å². The van der Waals surface area contributed by atoms with Crippen LogP contribution in [0.1, 0.15) is 16.8 Å². The fourth-order valence-corrected chi connectivity index (χ4v) is 3.34. The molecule has 7 heteroatoms. The van der Waals surface area contributed by atoms with E-state index in [4.69, 9.17) is 0 Å². The van der Waals surface area contributed by atoms with Crippen molar-refractivity contribution in [1.29, 1.82) is 0 Å². The van der Waals surface area contributed by atoms with E-state index in [1.807, 2.05) is 42.0 Å². The minimum atomic E-state index is -0.871. The van der Waals surface area contributed by atoms with Crippen molar-refractivity contribution in [1.82, 2.24) is 9.88 Å². The Balaban J connectivity index is 1.67. The molecule has 1 saturated heterocycles. The Morgan fingerprint density at radius 3 is 2.50 bits per heavy atom. The van der Waals surface area contributed by atoms with Crippen molar-refractivity contribution in [2.75, 3.05) is 4.90 Å². The molecule has 1 aliphatic heterocycles. The van der Waals surface area contributed by atoms with Gasteiger partial charge in [-0.2, -0.15) is 0 Å². The number of imide groups is 2. The van der Waals surface area contributed by atoms with Gasteiger partial charge in [-0.25, -0.2) is 14.1 Å². The van der Waals surface area contributed by atoms with Gasteiger partial charge in [-0.15, -0.1) is 0 Å². The number of hydrogen-bond acceptors (Lipinski definition) is 3. The SMILES string of the molecule is Cc1cccc(Cn2cccc2/C=C2\C(=O)NC(=O)N(c3ccc(F)cc3)C2=O)c1. The first-order valence-corrected chi connectivity index (χ1v) is 9.30. The zero-order chi connectivity index (χ0) is 21.3. The summed E-state index contributed by atoms with van der Waals surface area (Å²) >= 11 is 0. The Bertz CT molecular complexity index is 1180. The quantitative estimate of drug-likeness (QED) is 0.534. The number of rotatable bonds is 4. The van der Waals surface area contributed by atoms with Gasteiger partial charge in [-0.1, -0.05) is 29.8 Å². The first kappa shape index (κ1) is 19.3. The third kappa shape index (κ3) is 3.77. The lowest BCUT2D eigenvalue weighted by Crippen LogP contribution is -2.54. The van der Waals surface area contributed by atoms with E-state index in [1.165, 1.54) is 18.2 Å². The molecule has 6 nitrogen and oxygen atoms in total. The molecule has 2 aromatic carbocycles. The minimum Gasteiger partial charge on any atom is -0.344 e. The number of halogens is 1. The molecule has 1 fully saturated rings. The highest BCUT2D eigenvalue weighted by atomic mass is 19.1. The Morgan fingerprint density at radius 1 is 1.00 bits per heavy atom. The number of aryl methyl sites for hydroxylation is 1. The van der Waals surface area contributed by atoms with Gasteiger partial charge in [0.15, 0.2) is 0 Å². The number of benzene rings is 2. The van der Waals surface area contributed by atoms with Crippen molar-refractivity contribution in [2.45, 2.75) is 13.5 Å². The normalized spacial score (nSPS) is 15.6. The van der Waals surface area contributed by atoms with Gasteiger partial charge >= 0.3 is 6.03 Å². The molecule has 2 heterocycles. The highest BCUT2D eigenvalue weighted by Crippen LogP contribution is 2.22. The molecule has 1 N–H and O–H groups in total. The molecule has 0 atom stereocenters. The van der Waals surface area contributed by atoms with Gasteiger partial charge in [0.1, 0.15) is 11.4 Å². The zero-order valence-corrected chi connectivity index (χ0v) is 16.1. The number of carbonyl (C=O) groups is 3. The molecule has 0 unspecified atom stereocenters. The third-order valence-corrected chi connectivity index (χ3v) is 4.78. The molecule has 1 aromatic heterocycles. The Labute approximate surface area is 172 Å². The van der Waals surface area contributed by atoms with Crippen molar-refractivity contribution < 1.29 is 18.8 Å². The highest BCUT2D eigenvalue weighted by Gasteiger charge is 2.36. The number of amides is 4. The maximum Gasteiger partial charge on any atom is 0.335 e. The lowest BCUT2D eigenvalue weighted by Gasteiger charge is -2.26. The summed E-state index contributed by atoms with van der Waals surface area (Å²) in [6.07, 6.45) is 3.30. The second-order valence-corrected chi connectivity index (χ2v) is 6.98. The predicted molar refractivity (Wildman–Crippen MR) is 110 cm³/mol. The van der Waals surface area contributed by atoms with E-state index in [0.29, 0.717) is 12.2 Å². The number of anilines is 1. The summed E-state index contributed by atoms with van der Waals surface area (Å²) in [7, 11) is 0. The van der Waals surface area contributed by atoms with Gasteiger partial charge < -0.3 is 4.57 Å². The topological polar surface area (TPSA) is 71.4 Å². The summed E-state index contributed by atoms with van der Waals surface area (Å²) in [5.41, 5.74) is 2.85. The van der Waals surface area contributed by atoms with E-state index in [9.17, 15) is 18.8 Å². The standard InChI is InChI=1S/C23H18FN3O3/c1-15-4-2-5-16(12-15)14-26-11-3-6-19(26)13-20-21(28)25-23(30)27(22(20)29)18-9-7-17(24)8-10-18/h2-13H,14H2,1H3,(H,25,28,30)/b20-13+. The Morgan fingerprint density at radius 2 is 1.77 bits per heavy atom. The number of barbiturate groups is 1. The van der Waals surface area contributed by atoms with Crippen LogP contribution in [0.2, 0.25) is 0 Å². The molecule has 0 radical (unpaired) electrons. The molecule has 0 bridgehead atoms. The van der Waals surface area contributed by atoms with Crippen LogP contribution < -0.4 is 10.2 Å². The molecule has 150 valence electrons. The fraction of sp³-hybridized carbons (Fsp3) is 0.0870. The van der Waals surface area contributed by atoms with E-state index in [1.54, 1.807) is 6.07 Å². The third-order valence-electron chi connectivity index (χ3n) is 4.78.